The summed E-state index contributed by atoms with van der Waals surface area (Å²) in [5, 5.41) is 3.26. The Kier molecular flexibility index (Phi) is 8.19. The number of thioether (sulfide) groups is 1. The van der Waals surface area contributed by atoms with Crippen molar-refractivity contribution in [1.82, 2.24) is 5.32 Å². The first-order valence-electron chi connectivity index (χ1n) is 8.20. The number of benzene rings is 2. The summed E-state index contributed by atoms with van der Waals surface area (Å²) < 4.78 is 34.2. The molecule has 1 amide bonds. The third-order valence-electron chi connectivity index (χ3n) is 3.65. The molecule has 0 bridgehead atoms. The smallest absolute Gasteiger partial charge is 0.387 e. The zero-order valence-electron chi connectivity index (χ0n) is 14.9. The maximum atomic E-state index is 12.3. The van der Waals surface area contributed by atoms with Gasteiger partial charge in [0, 0.05) is 16.5 Å². The van der Waals surface area contributed by atoms with Crippen molar-refractivity contribution in [2.75, 3.05) is 13.7 Å². The van der Waals surface area contributed by atoms with Crippen molar-refractivity contribution >= 4 is 29.3 Å². The van der Waals surface area contributed by atoms with Crippen LogP contribution < -0.4 is 14.8 Å². The number of nitrogens with one attached hydrogen (secondary N) is 1. The lowest BCUT2D eigenvalue weighted by Gasteiger charge is -2.13. The van der Waals surface area contributed by atoms with E-state index in [1.165, 1.54) is 24.9 Å². The average Bonchev–Trinajstić information content (AvgIpc) is 2.64. The van der Waals surface area contributed by atoms with Gasteiger partial charge >= 0.3 is 6.61 Å². The van der Waals surface area contributed by atoms with Gasteiger partial charge in [-0.1, -0.05) is 17.7 Å². The van der Waals surface area contributed by atoms with Gasteiger partial charge in [0.05, 0.1) is 12.4 Å². The van der Waals surface area contributed by atoms with Gasteiger partial charge in [-0.3, -0.25) is 4.79 Å². The van der Waals surface area contributed by atoms with Crippen LogP contribution in [0.5, 0.6) is 11.5 Å². The van der Waals surface area contributed by atoms with E-state index in [0.717, 1.165) is 10.5 Å². The molecule has 2 rings (SSSR count). The Bertz CT molecular complexity index is 759. The molecule has 146 valence electrons. The minimum Gasteiger partial charge on any atom is -0.493 e. The zero-order chi connectivity index (χ0) is 19.8. The average molecular weight is 416 g/mol. The molecule has 0 aliphatic heterocycles. The summed E-state index contributed by atoms with van der Waals surface area (Å²) in [7, 11) is 1.38. The second-order valence-electron chi connectivity index (χ2n) is 5.62. The highest BCUT2D eigenvalue weighted by atomic mass is 35.5. The largest absolute Gasteiger partial charge is 0.493 e. The topological polar surface area (TPSA) is 47.6 Å². The van der Waals surface area contributed by atoms with E-state index in [-0.39, 0.29) is 22.7 Å². The van der Waals surface area contributed by atoms with Crippen molar-refractivity contribution in [3.05, 3.63) is 53.1 Å². The molecule has 0 fully saturated rings. The number of carbonyl (C=O) groups excluding carboxylic acids is 1. The molecule has 0 aliphatic rings. The monoisotopic (exact) mass is 415 g/mol. The Morgan fingerprint density at radius 1 is 1.19 bits per heavy atom. The summed E-state index contributed by atoms with van der Waals surface area (Å²) in [5.41, 5.74) is 0.840. The van der Waals surface area contributed by atoms with Gasteiger partial charge in [-0.2, -0.15) is 8.78 Å². The van der Waals surface area contributed by atoms with E-state index in [4.69, 9.17) is 16.3 Å². The maximum Gasteiger partial charge on any atom is 0.387 e. The Labute approximate surface area is 166 Å². The number of alkyl halides is 2. The summed E-state index contributed by atoms with van der Waals surface area (Å²) in [4.78, 5) is 13.2. The molecule has 0 heterocycles. The van der Waals surface area contributed by atoms with Gasteiger partial charge < -0.3 is 14.8 Å². The number of hydrogen-bond donors (Lipinski definition) is 1. The van der Waals surface area contributed by atoms with Gasteiger partial charge in [-0.25, -0.2) is 0 Å². The molecule has 0 saturated carbocycles. The van der Waals surface area contributed by atoms with Gasteiger partial charge in [0.1, 0.15) is 0 Å². The summed E-state index contributed by atoms with van der Waals surface area (Å²) >= 11 is 7.29. The van der Waals surface area contributed by atoms with E-state index in [1.807, 2.05) is 19.1 Å². The number of hydrogen-bond acceptors (Lipinski definition) is 4. The lowest BCUT2D eigenvalue weighted by atomic mass is 10.1. The fourth-order valence-electron chi connectivity index (χ4n) is 2.31. The fraction of sp³-hybridized carbons (Fsp3) is 0.316. The second kappa shape index (κ2) is 10.4. The van der Waals surface area contributed by atoms with Gasteiger partial charge in [-0.15, -0.1) is 11.8 Å². The van der Waals surface area contributed by atoms with Crippen LogP contribution in [0, 0.1) is 0 Å². The van der Waals surface area contributed by atoms with Crippen LogP contribution in [0.3, 0.4) is 0 Å². The molecule has 1 atom stereocenters. The van der Waals surface area contributed by atoms with Crippen LogP contribution in [0.1, 0.15) is 12.5 Å². The highest BCUT2D eigenvalue weighted by Crippen LogP contribution is 2.29. The molecular weight excluding hydrogens is 396 g/mol. The molecule has 2 aromatic rings. The van der Waals surface area contributed by atoms with Gasteiger partial charge in [-0.05, 0) is 55.3 Å². The van der Waals surface area contributed by atoms with Gasteiger partial charge in [0.2, 0.25) is 5.91 Å². The summed E-state index contributed by atoms with van der Waals surface area (Å²) in [5.74, 6) is 0.124. The highest BCUT2D eigenvalue weighted by Gasteiger charge is 2.14. The summed E-state index contributed by atoms with van der Waals surface area (Å²) in [6, 6.07) is 12.0. The first-order chi connectivity index (χ1) is 12.9. The minimum atomic E-state index is -2.91. The van der Waals surface area contributed by atoms with E-state index in [1.54, 1.807) is 24.3 Å². The number of ether oxygens (including phenoxy) is 2. The number of methoxy groups -OCH3 is 1. The Morgan fingerprint density at radius 3 is 2.52 bits per heavy atom. The van der Waals surface area contributed by atoms with Crippen molar-refractivity contribution < 1.29 is 23.0 Å². The Hall–Kier alpha value is -1.99. The lowest BCUT2D eigenvalue weighted by molar-refractivity contribution is -0.120. The SMILES string of the molecule is COc1cc(CCNC(=O)C(C)Sc2ccc(Cl)cc2)ccc1OC(F)F. The van der Waals surface area contributed by atoms with Crippen molar-refractivity contribution in [2.24, 2.45) is 0 Å². The molecule has 0 spiro atoms. The van der Waals surface area contributed by atoms with Crippen LogP contribution >= 0.6 is 23.4 Å². The van der Waals surface area contributed by atoms with E-state index in [2.05, 4.69) is 10.1 Å². The quantitative estimate of drug-likeness (QED) is 0.598. The van der Waals surface area contributed by atoms with Crippen molar-refractivity contribution in [3.63, 3.8) is 0 Å². The first kappa shape index (κ1) is 21.3. The third kappa shape index (κ3) is 6.92. The van der Waals surface area contributed by atoms with Crippen LogP contribution in [0.2, 0.25) is 5.02 Å². The normalized spacial score (nSPS) is 11.9. The van der Waals surface area contributed by atoms with E-state index < -0.39 is 6.61 Å². The third-order valence-corrected chi connectivity index (χ3v) is 5.02. The van der Waals surface area contributed by atoms with Crippen molar-refractivity contribution in [2.45, 2.75) is 30.1 Å². The lowest BCUT2D eigenvalue weighted by Crippen LogP contribution is -2.32. The predicted octanol–water partition coefficient (Wildman–Crippen LogP) is 4.79. The van der Waals surface area contributed by atoms with Gasteiger partial charge in [0.25, 0.3) is 0 Å². The zero-order valence-corrected chi connectivity index (χ0v) is 16.4. The Balaban J connectivity index is 1.84. The number of rotatable bonds is 9. The molecule has 0 saturated heterocycles. The van der Waals surface area contributed by atoms with Crippen molar-refractivity contribution in [3.8, 4) is 11.5 Å². The molecule has 2 aromatic carbocycles. The molecule has 8 heteroatoms. The van der Waals surface area contributed by atoms with E-state index in [9.17, 15) is 13.6 Å². The summed E-state index contributed by atoms with van der Waals surface area (Å²) in [6.45, 7) is -0.667. The molecule has 27 heavy (non-hydrogen) atoms. The van der Waals surface area contributed by atoms with E-state index in [0.29, 0.717) is 18.0 Å². The van der Waals surface area contributed by atoms with Crippen LogP contribution in [0.25, 0.3) is 0 Å². The number of halogens is 3. The van der Waals surface area contributed by atoms with Crippen LogP contribution in [-0.4, -0.2) is 31.4 Å². The molecule has 0 radical (unpaired) electrons. The van der Waals surface area contributed by atoms with Crippen LogP contribution in [0.15, 0.2) is 47.4 Å². The predicted molar refractivity (Wildman–Crippen MR) is 103 cm³/mol. The minimum absolute atomic E-state index is 0.0201. The van der Waals surface area contributed by atoms with Crippen LogP contribution in [-0.2, 0) is 11.2 Å². The van der Waals surface area contributed by atoms with Crippen LogP contribution in [0.4, 0.5) is 8.78 Å². The highest BCUT2D eigenvalue weighted by molar-refractivity contribution is 8.00. The van der Waals surface area contributed by atoms with E-state index >= 15 is 0 Å². The molecule has 1 N–H and O–H groups in total. The fourth-order valence-corrected chi connectivity index (χ4v) is 3.32. The van der Waals surface area contributed by atoms with Gasteiger partial charge in [0.15, 0.2) is 11.5 Å². The Morgan fingerprint density at radius 2 is 1.89 bits per heavy atom. The molecule has 4 nitrogen and oxygen atoms in total. The molecule has 0 aliphatic carbocycles. The van der Waals surface area contributed by atoms with Crippen molar-refractivity contribution in [1.29, 1.82) is 0 Å². The summed E-state index contributed by atoms with van der Waals surface area (Å²) in [6.07, 6.45) is 0.537. The maximum absolute atomic E-state index is 12.3. The second-order valence-corrected chi connectivity index (χ2v) is 7.47. The standard InChI is InChI=1S/C19H20ClF2NO3S/c1-12(27-15-6-4-14(20)5-7-15)18(24)23-10-9-13-3-8-16(26-19(21)22)17(11-13)25-2/h3-8,11-12,19H,9-10H2,1-2H3,(H,23,24). The molecule has 0 aromatic heterocycles. The molecule has 1 unspecified atom stereocenters. The first-order valence-corrected chi connectivity index (χ1v) is 9.46. The molecular formula is C19H20ClF2NO3S. The number of carbonyl (C=O) groups is 1. The number of amides is 1.